The molecular weight excluding hydrogens is 281 g/mol. The highest BCUT2D eigenvalue weighted by Gasteiger charge is 2.28. The lowest BCUT2D eigenvalue weighted by Crippen LogP contribution is -2.42. The Morgan fingerprint density at radius 2 is 1.84 bits per heavy atom. The molecule has 1 heterocycles. The number of nitrogens with two attached hydrogens (primary N) is 1. The molecule has 19 heavy (non-hydrogen) atoms. The van der Waals surface area contributed by atoms with Crippen LogP contribution in [0.4, 0.5) is 4.39 Å². The topological polar surface area (TPSA) is 26.0 Å². The van der Waals surface area contributed by atoms with Crippen LogP contribution in [0.25, 0.3) is 0 Å². The van der Waals surface area contributed by atoms with E-state index in [0.29, 0.717) is 0 Å². The quantitative estimate of drug-likeness (QED) is 0.890. The van der Waals surface area contributed by atoms with Crippen LogP contribution in [0.2, 0.25) is 4.34 Å². The van der Waals surface area contributed by atoms with Gasteiger partial charge in [0.1, 0.15) is 5.82 Å². The SMILES string of the molecule is CC(C)(c1ccc(F)cc1)C(N)Cc1ccc(Cl)s1. The highest BCUT2D eigenvalue weighted by Crippen LogP contribution is 2.30. The summed E-state index contributed by atoms with van der Waals surface area (Å²) in [6, 6.07) is 10.4. The lowest BCUT2D eigenvalue weighted by Gasteiger charge is -2.32. The van der Waals surface area contributed by atoms with Crippen molar-refractivity contribution < 1.29 is 4.39 Å². The van der Waals surface area contributed by atoms with Crippen molar-refractivity contribution >= 4 is 22.9 Å². The number of benzene rings is 1. The van der Waals surface area contributed by atoms with E-state index in [1.807, 2.05) is 12.1 Å². The highest BCUT2D eigenvalue weighted by molar-refractivity contribution is 7.16. The third-order valence-electron chi connectivity index (χ3n) is 3.57. The maximum atomic E-state index is 13.0. The summed E-state index contributed by atoms with van der Waals surface area (Å²) in [5.74, 6) is -0.224. The van der Waals surface area contributed by atoms with Gasteiger partial charge in [-0.25, -0.2) is 4.39 Å². The van der Waals surface area contributed by atoms with Gasteiger partial charge in [0, 0.05) is 16.3 Å². The number of halogens is 2. The third-order valence-corrected chi connectivity index (χ3v) is 4.82. The van der Waals surface area contributed by atoms with Crippen LogP contribution in [0.15, 0.2) is 36.4 Å². The lowest BCUT2D eigenvalue weighted by atomic mass is 9.76. The second-order valence-electron chi connectivity index (χ2n) is 5.25. The zero-order chi connectivity index (χ0) is 14.0. The Morgan fingerprint density at radius 1 is 1.21 bits per heavy atom. The first-order chi connectivity index (χ1) is 8.89. The first-order valence-corrected chi connectivity index (χ1v) is 7.35. The van der Waals surface area contributed by atoms with E-state index in [-0.39, 0.29) is 17.3 Å². The maximum absolute atomic E-state index is 13.0. The molecule has 1 unspecified atom stereocenters. The standard InChI is InChI=1S/C15H17ClFNS/c1-15(2,10-3-5-11(17)6-4-10)13(18)9-12-7-8-14(16)19-12/h3-8,13H,9,18H2,1-2H3. The molecule has 0 spiro atoms. The van der Waals surface area contributed by atoms with E-state index in [2.05, 4.69) is 13.8 Å². The molecule has 0 radical (unpaired) electrons. The summed E-state index contributed by atoms with van der Waals surface area (Å²) >= 11 is 7.48. The molecular formula is C15H17ClFNS. The molecule has 2 N–H and O–H groups in total. The molecule has 1 nitrogen and oxygen atoms in total. The molecule has 0 saturated heterocycles. The Hall–Kier alpha value is -0.900. The molecule has 102 valence electrons. The fourth-order valence-corrected chi connectivity index (χ4v) is 3.17. The molecule has 0 amide bonds. The average molecular weight is 298 g/mol. The van der Waals surface area contributed by atoms with Crippen LogP contribution in [0.3, 0.4) is 0 Å². The monoisotopic (exact) mass is 297 g/mol. The van der Waals surface area contributed by atoms with Gasteiger partial charge >= 0.3 is 0 Å². The van der Waals surface area contributed by atoms with Gasteiger partial charge in [-0.15, -0.1) is 11.3 Å². The van der Waals surface area contributed by atoms with Crippen molar-refractivity contribution in [2.45, 2.75) is 31.7 Å². The summed E-state index contributed by atoms with van der Waals surface area (Å²) < 4.78 is 13.8. The predicted octanol–water partition coefficient (Wildman–Crippen LogP) is 4.39. The number of hydrogen-bond donors (Lipinski definition) is 1. The minimum absolute atomic E-state index is 0.0484. The van der Waals surface area contributed by atoms with Crippen molar-refractivity contribution in [3.05, 3.63) is 57.0 Å². The van der Waals surface area contributed by atoms with Crippen molar-refractivity contribution in [3.63, 3.8) is 0 Å². The molecule has 2 rings (SSSR count). The molecule has 1 atom stereocenters. The van der Waals surface area contributed by atoms with E-state index in [1.54, 1.807) is 23.5 Å². The van der Waals surface area contributed by atoms with E-state index < -0.39 is 0 Å². The molecule has 0 bridgehead atoms. The first-order valence-electron chi connectivity index (χ1n) is 6.15. The Morgan fingerprint density at radius 3 is 2.37 bits per heavy atom. The molecule has 1 aromatic carbocycles. The second-order valence-corrected chi connectivity index (χ2v) is 7.04. The minimum Gasteiger partial charge on any atom is -0.327 e. The molecule has 4 heteroatoms. The smallest absolute Gasteiger partial charge is 0.123 e. The van der Waals surface area contributed by atoms with Gasteiger partial charge < -0.3 is 5.73 Å². The summed E-state index contributed by atoms with van der Waals surface area (Å²) in [6.07, 6.45) is 0.766. The van der Waals surface area contributed by atoms with Crippen LogP contribution in [0.5, 0.6) is 0 Å². The zero-order valence-corrected chi connectivity index (χ0v) is 12.6. The van der Waals surface area contributed by atoms with Gasteiger partial charge in [0.05, 0.1) is 4.34 Å². The Labute approximate surface area is 122 Å². The van der Waals surface area contributed by atoms with E-state index in [0.717, 1.165) is 16.3 Å². The fourth-order valence-electron chi connectivity index (χ4n) is 2.03. The highest BCUT2D eigenvalue weighted by atomic mass is 35.5. The van der Waals surface area contributed by atoms with Crippen molar-refractivity contribution in [2.24, 2.45) is 5.73 Å². The zero-order valence-electron chi connectivity index (χ0n) is 11.0. The molecule has 0 aliphatic rings. The van der Waals surface area contributed by atoms with Crippen molar-refractivity contribution in [2.75, 3.05) is 0 Å². The molecule has 0 fully saturated rings. The van der Waals surface area contributed by atoms with Crippen LogP contribution < -0.4 is 5.73 Å². The fraction of sp³-hybridized carbons (Fsp3) is 0.333. The summed E-state index contributed by atoms with van der Waals surface area (Å²) in [4.78, 5) is 1.17. The van der Waals surface area contributed by atoms with Crippen LogP contribution in [-0.2, 0) is 11.8 Å². The summed E-state index contributed by atoms with van der Waals surface area (Å²) in [5.41, 5.74) is 7.16. The van der Waals surface area contributed by atoms with Crippen LogP contribution in [-0.4, -0.2) is 6.04 Å². The van der Waals surface area contributed by atoms with Crippen molar-refractivity contribution in [1.29, 1.82) is 0 Å². The molecule has 0 saturated carbocycles. The van der Waals surface area contributed by atoms with Crippen LogP contribution >= 0.6 is 22.9 Å². The van der Waals surface area contributed by atoms with Crippen molar-refractivity contribution in [3.8, 4) is 0 Å². The number of hydrogen-bond acceptors (Lipinski definition) is 2. The van der Waals surface area contributed by atoms with Gasteiger partial charge in [0.15, 0.2) is 0 Å². The Balaban J connectivity index is 2.16. The molecule has 0 aliphatic heterocycles. The van der Waals surface area contributed by atoms with E-state index in [4.69, 9.17) is 17.3 Å². The third kappa shape index (κ3) is 3.35. The Kier molecular flexibility index (Phi) is 4.29. The van der Waals surface area contributed by atoms with E-state index >= 15 is 0 Å². The van der Waals surface area contributed by atoms with Gasteiger partial charge in [-0.1, -0.05) is 37.6 Å². The van der Waals surface area contributed by atoms with Gasteiger partial charge in [-0.2, -0.15) is 0 Å². The van der Waals surface area contributed by atoms with Gasteiger partial charge in [0.25, 0.3) is 0 Å². The van der Waals surface area contributed by atoms with Crippen LogP contribution in [0, 0.1) is 5.82 Å². The summed E-state index contributed by atoms with van der Waals surface area (Å²) in [6.45, 7) is 4.17. The maximum Gasteiger partial charge on any atom is 0.123 e. The number of rotatable bonds is 4. The average Bonchev–Trinajstić information content (AvgIpc) is 2.75. The Bertz CT molecular complexity index is 548. The van der Waals surface area contributed by atoms with Crippen LogP contribution in [0.1, 0.15) is 24.3 Å². The molecule has 1 aromatic heterocycles. The van der Waals surface area contributed by atoms with Gasteiger partial charge in [0.2, 0.25) is 0 Å². The first kappa shape index (κ1) is 14.5. The number of thiophene rings is 1. The summed E-state index contributed by atoms with van der Waals surface area (Å²) in [5, 5.41) is 0. The second kappa shape index (κ2) is 5.61. The van der Waals surface area contributed by atoms with Crippen molar-refractivity contribution in [1.82, 2.24) is 0 Å². The lowest BCUT2D eigenvalue weighted by molar-refractivity contribution is 0.407. The van der Waals surface area contributed by atoms with E-state index in [1.165, 1.54) is 17.0 Å². The van der Waals surface area contributed by atoms with E-state index in [9.17, 15) is 4.39 Å². The largest absolute Gasteiger partial charge is 0.327 e. The minimum atomic E-state index is -0.224. The van der Waals surface area contributed by atoms with Gasteiger partial charge in [-0.3, -0.25) is 0 Å². The van der Waals surface area contributed by atoms with Gasteiger partial charge in [-0.05, 0) is 36.2 Å². The molecule has 0 aliphatic carbocycles. The normalized spacial score (nSPS) is 13.5. The molecule has 2 aromatic rings. The summed E-state index contributed by atoms with van der Waals surface area (Å²) in [7, 11) is 0. The predicted molar refractivity (Wildman–Crippen MR) is 80.4 cm³/mol.